The van der Waals surface area contributed by atoms with E-state index in [4.69, 9.17) is 11.6 Å². The fourth-order valence-electron chi connectivity index (χ4n) is 2.13. The third-order valence-corrected chi connectivity index (χ3v) is 3.34. The molecule has 0 aliphatic carbocycles. The van der Waals surface area contributed by atoms with Gasteiger partial charge in [-0.2, -0.15) is 0 Å². The zero-order chi connectivity index (χ0) is 14.8. The first kappa shape index (κ1) is 13.8. The van der Waals surface area contributed by atoms with Gasteiger partial charge in [-0.3, -0.25) is 0 Å². The fourth-order valence-corrected chi connectivity index (χ4v) is 2.30. The second-order valence-corrected chi connectivity index (χ2v) is 5.03. The standard InChI is InChI=1S/C16H13ClFN3/c1-2-19-16-13-9-11(17)5-8-14(13)20-15(21-16)10-3-6-12(18)7-4-10/h3-9H,2H2,1H3,(H,19,20,21). The van der Waals surface area contributed by atoms with Crippen LogP contribution in [0.3, 0.4) is 0 Å². The maximum absolute atomic E-state index is 13.0. The first-order chi connectivity index (χ1) is 10.2. The lowest BCUT2D eigenvalue weighted by atomic mass is 10.2. The first-order valence-electron chi connectivity index (χ1n) is 6.64. The number of aromatic nitrogens is 2. The first-order valence-corrected chi connectivity index (χ1v) is 7.02. The van der Waals surface area contributed by atoms with Gasteiger partial charge >= 0.3 is 0 Å². The van der Waals surface area contributed by atoms with Crippen molar-refractivity contribution in [3.8, 4) is 11.4 Å². The van der Waals surface area contributed by atoms with Gasteiger partial charge in [0.05, 0.1) is 5.52 Å². The van der Waals surface area contributed by atoms with E-state index in [-0.39, 0.29) is 5.82 Å². The molecule has 0 amide bonds. The molecule has 0 spiro atoms. The van der Waals surface area contributed by atoms with Crippen LogP contribution in [0.5, 0.6) is 0 Å². The Morgan fingerprint density at radius 1 is 1.10 bits per heavy atom. The number of benzene rings is 2. The van der Waals surface area contributed by atoms with E-state index in [1.165, 1.54) is 12.1 Å². The fraction of sp³-hybridized carbons (Fsp3) is 0.125. The van der Waals surface area contributed by atoms with Gasteiger partial charge in [-0.1, -0.05) is 11.6 Å². The monoisotopic (exact) mass is 301 g/mol. The molecule has 0 radical (unpaired) electrons. The van der Waals surface area contributed by atoms with Crippen molar-refractivity contribution in [1.82, 2.24) is 9.97 Å². The van der Waals surface area contributed by atoms with Crippen molar-refractivity contribution in [2.24, 2.45) is 0 Å². The van der Waals surface area contributed by atoms with Crippen LogP contribution in [0.2, 0.25) is 5.02 Å². The van der Waals surface area contributed by atoms with Crippen LogP contribution in [-0.4, -0.2) is 16.5 Å². The Labute approximate surface area is 126 Å². The summed E-state index contributed by atoms with van der Waals surface area (Å²) >= 11 is 6.04. The number of anilines is 1. The molecule has 1 N–H and O–H groups in total. The van der Waals surface area contributed by atoms with Gasteiger partial charge in [0.2, 0.25) is 0 Å². The molecule has 0 saturated carbocycles. The van der Waals surface area contributed by atoms with Gasteiger partial charge in [0.25, 0.3) is 0 Å². The molecular weight excluding hydrogens is 289 g/mol. The lowest BCUT2D eigenvalue weighted by molar-refractivity contribution is 0.628. The zero-order valence-electron chi connectivity index (χ0n) is 11.4. The van der Waals surface area contributed by atoms with Crippen LogP contribution < -0.4 is 5.32 Å². The van der Waals surface area contributed by atoms with Crippen molar-refractivity contribution >= 4 is 28.3 Å². The Morgan fingerprint density at radius 3 is 2.57 bits per heavy atom. The molecule has 0 saturated heterocycles. The Morgan fingerprint density at radius 2 is 1.86 bits per heavy atom. The molecule has 3 rings (SSSR count). The highest BCUT2D eigenvalue weighted by Gasteiger charge is 2.09. The summed E-state index contributed by atoms with van der Waals surface area (Å²) in [4.78, 5) is 9.06. The normalized spacial score (nSPS) is 10.8. The van der Waals surface area contributed by atoms with Crippen LogP contribution in [0.4, 0.5) is 10.2 Å². The molecule has 1 heterocycles. The van der Waals surface area contributed by atoms with E-state index in [0.29, 0.717) is 10.8 Å². The van der Waals surface area contributed by atoms with Crippen LogP contribution in [0.15, 0.2) is 42.5 Å². The van der Waals surface area contributed by atoms with Crippen LogP contribution in [0, 0.1) is 5.82 Å². The summed E-state index contributed by atoms with van der Waals surface area (Å²) in [6, 6.07) is 11.6. The molecule has 0 atom stereocenters. The topological polar surface area (TPSA) is 37.8 Å². The Kier molecular flexibility index (Phi) is 3.71. The third kappa shape index (κ3) is 2.81. The molecule has 5 heteroatoms. The van der Waals surface area contributed by atoms with Crippen LogP contribution in [0.1, 0.15) is 6.92 Å². The van der Waals surface area contributed by atoms with Crippen LogP contribution >= 0.6 is 11.6 Å². The summed E-state index contributed by atoms with van der Waals surface area (Å²) < 4.78 is 13.0. The van der Waals surface area contributed by atoms with E-state index in [0.717, 1.165) is 28.8 Å². The molecule has 0 bridgehead atoms. The van der Waals surface area contributed by atoms with Gasteiger partial charge in [-0.05, 0) is 49.4 Å². The summed E-state index contributed by atoms with van der Waals surface area (Å²) in [6.07, 6.45) is 0. The predicted octanol–water partition coefficient (Wildman–Crippen LogP) is 4.52. The minimum atomic E-state index is -0.279. The molecule has 106 valence electrons. The summed E-state index contributed by atoms with van der Waals surface area (Å²) in [7, 11) is 0. The van der Waals surface area contributed by atoms with E-state index in [1.54, 1.807) is 18.2 Å². The van der Waals surface area contributed by atoms with E-state index in [2.05, 4.69) is 15.3 Å². The van der Waals surface area contributed by atoms with E-state index in [1.807, 2.05) is 19.1 Å². The van der Waals surface area contributed by atoms with Gasteiger partial charge in [-0.15, -0.1) is 0 Å². The summed E-state index contributed by atoms with van der Waals surface area (Å²) in [5.74, 6) is 1.00. The molecule has 2 aromatic carbocycles. The van der Waals surface area contributed by atoms with Crippen molar-refractivity contribution in [2.75, 3.05) is 11.9 Å². The number of hydrogen-bond acceptors (Lipinski definition) is 3. The molecule has 0 aliphatic heterocycles. The number of nitrogens with zero attached hydrogens (tertiary/aromatic N) is 2. The number of nitrogens with one attached hydrogen (secondary N) is 1. The third-order valence-electron chi connectivity index (χ3n) is 3.10. The molecular formula is C16H13ClFN3. The lowest BCUT2D eigenvalue weighted by Gasteiger charge is -2.10. The molecule has 21 heavy (non-hydrogen) atoms. The molecule has 0 aliphatic rings. The van der Waals surface area contributed by atoms with Gasteiger partial charge in [-0.25, -0.2) is 14.4 Å². The maximum Gasteiger partial charge on any atom is 0.162 e. The second-order valence-electron chi connectivity index (χ2n) is 4.59. The average molecular weight is 302 g/mol. The molecule has 3 nitrogen and oxygen atoms in total. The minimum Gasteiger partial charge on any atom is -0.370 e. The number of fused-ring (bicyclic) bond motifs is 1. The highest BCUT2D eigenvalue weighted by molar-refractivity contribution is 6.31. The van der Waals surface area contributed by atoms with Crippen molar-refractivity contribution in [3.05, 3.63) is 53.3 Å². The summed E-state index contributed by atoms with van der Waals surface area (Å²) in [6.45, 7) is 2.73. The van der Waals surface area contributed by atoms with Gasteiger partial charge < -0.3 is 5.32 Å². The molecule has 0 fully saturated rings. The van der Waals surface area contributed by atoms with Crippen molar-refractivity contribution in [3.63, 3.8) is 0 Å². The smallest absolute Gasteiger partial charge is 0.162 e. The van der Waals surface area contributed by atoms with Crippen molar-refractivity contribution < 1.29 is 4.39 Å². The summed E-state index contributed by atoms with van der Waals surface area (Å²) in [5.41, 5.74) is 1.57. The van der Waals surface area contributed by atoms with Crippen molar-refractivity contribution in [2.45, 2.75) is 6.92 Å². The Bertz CT molecular complexity index is 787. The lowest BCUT2D eigenvalue weighted by Crippen LogP contribution is -2.03. The SMILES string of the molecule is CCNc1nc(-c2ccc(F)cc2)nc2ccc(Cl)cc12. The average Bonchev–Trinajstić information content (AvgIpc) is 2.48. The predicted molar refractivity (Wildman–Crippen MR) is 84.1 cm³/mol. The largest absolute Gasteiger partial charge is 0.370 e. The number of rotatable bonds is 3. The van der Waals surface area contributed by atoms with Gasteiger partial charge in [0, 0.05) is 22.5 Å². The van der Waals surface area contributed by atoms with Gasteiger partial charge in [0.1, 0.15) is 11.6 Å². The number of hydrogen-bond donors (Lipinski definition) is 1. The van der Waals surface area contributed by atoms with E-state index < -0.39 is 0 Å². The quantitative estimate of drug-likeness (QED) is 0.773. The Balaban J connectivity index is 2.20. The molecule has 0 unspecified atom stereocenters. The number of halogens is 2. The van der Waals surface area contributed by atoms with Gasteiger partial charge in [0.15, 0.2) is 5.82 Å². The highest BCUT2D eigenvalue weighted by atomic mass is 35.5. The van der Waals surface area contributed by atoms with Crippen molar-refractivity contribution in [1.29, 1.82) is 0 Å². The molecule has 3 aromatic rings. The van der Waals surface area contributed by atoms with Crippen LogP contribution in [-0.2, 0) is 0 Å². The summed E-state index contributed by atoms with van der Waals surface area (Å²) in [5, 5.41) is 4.72. The van der Waals surface area contributed by atoms with E-state index >= 15 is 0 Å². The minimum absolute atomic E-state index is 0.279. The zero-order valence-corrected chi connectivity index (χ0v) is 12.2. The molecule has 1 aromatic heterocycles. The van der Waals surface area contributed by atoms with E-state index in [9.17, 15) is 4.39 Å². The second kappa shape index (κ2) is 5.66. The highest BCUT2D eigenvalue weighted by Crippen LogP contribution is 2.27. The Hall–Kier alpha value is -2.20. The maximum atomic E-state index is 13.0. The van der Waals surface area contributed by atoms with Crippen LogP contribution in [0.25, 0.3) is 22.3 Å².